The van der Waals surface area contributed by atoms with E-state index in [1.165, 1.54) is 0 Å². The minimum absolute atomic E-state index is 0.209. The third kappa shape index (κ3) is 4.95. The Morgan fingerprint density at radius 3 is 2.03 bits per heavy atom. The van der Waals surface area contributed by atoms with Crippen molar-refractivity contribution in [2.24, 2.45) is 0 Å². The number of ether oxygens (including phenoxy) is 2. The first-order chi connectivity index (χ1) is 18.9. The maximum atomic E-state index is 13.4. The molecule has 1 aromatic heterocycles. The van der Waals surface area contributed by atoms with Crippen LogP contribution in [-0.4, -0.2) is 34.9 Å². The zero-order chi connectivity index (χ0) is 27.5. The summed E-state index contributed by atoms with van der Waals surface area (Å²) in [5.41, 5.74) is 5.08. The lowest BCUT2D eigenvalue weighted by Gasteiger charge is -2.30. The molecule has 0 unspecified atom stereocenters. The minimum Gasteiger partial charge on any atom is -0.463 e. The van der Waals surface area contributed by atoms with Crippen LogP contribution in [0.4, 0.5) is 0 Å². The summed E-state index contributed by atoms with van der Waals surface area (Å²) >= 11 is 0. The van der Waals surface area contributed by atoms with E-state index < -0.39 is 17.9 Å². The molecule has 1 N–H and O–H groups in total. The lowest BCUT2D eigenvalue weighted by Crippen LogP contribution is -2.32. The summed E-state index contributed by atoms with van der Waals surface area (Å²) in [6, 6.07) is 24.0. The van der Waals surface area contributed by atoms with Crippen LogP contribution in [-0.2, 0) is 19.1 Å². The number of dihydropyridines is 1. The number of esters is 2. The standard InChI is InChI=1S/C32H31N3O4/c1-5-38-31(36)27-20(3)33-21(4)28(32(37)39-6-2)29(27)26-19-35(25-14-8-7-9-15-25)34-30(26)24-17-16-22-12-10-11-13-23(22)18-24/h7-19,29,33H,5-6H2,1-4H3. The summed E-state index contributed by atoms with van der Waals surface area (Å²) in [7, 11) is 0. The SMILES string of the molecule is CCOC(=O)C1=C(C)NC(C)=C(C(=O)OCC)C1c1cn(-c2ccccc2)nc1-c1ccc2ccccc2c1. The summed E-state index contributed by atoms with van der Waals surface area (Å²) in [5.74, 6) is -1.72. The molecule has 1 aliphatic heterocycles. The van der Waals surface area contributed by atoms with Crippen molar-refractivity contribution in [1.29, 1.82) is 0 Å². The molecular formula is C32H31N3O4. The fraction of sp³-hybridized carbons (Fsp3) is 0.219. The number of fused-ring (bicyclic) bond motifs is 1. The predicted octanol–water partition coefficient (Wildman–Crippen LogP) is 6.05. The molecule has 0 atom stereocenters. The van der Waals surface area contributed by atoms with Crippen LogP contribution in [0.15, 0.2) is 102 Å². The van der Waals surface area contributed by atoms with E-state index in [2.05, 4.69) is 29.6 Å². The Hall–Kier alpha value is -4.65. The molecule has 2 heterocycles. The van der Waals surface area contributed by atoms with Gasteiger partial charge >= 0.3 is 11.9 Å². The number of carbonyl (C=O) groups is 2. The molecular weight excluding hydrogens is 490 g/mol. The van der Waals surface area contributed by atoms with E-state index in [1.54, 1.807) is 18.5 Å². The predicted molar refractivity (Wildman–Crippen MR) is 151 cm³/mol. The van der Waals surface area contributed by atoms with Crippen LogP contribution in [0.2, 0.25) is 0 Å². The van der Waals surface area contributed by atoms with Crippen LogP contribution in [0.1, 0.15) is 39.2 Å². The van der Waals surface area contributed by atoms with Crippen molar-refractivity contribution in [2.75, 3.05) is 13.2 Å². The monoisotopic (exact) mass is 521 g/mol. The highest BCUT2D eigenvalue weighted by atomic mass is 16.5. The van der Waals surface area contributed by atoms with Gasteiger partial charge in [0.2, 0.25) is 0 Å². The van der Waals surface area contributed by atoms with E-state index in [-0.39, 0.29) is 13.2 Å². The highest BCUT2D eigenvalue weighted by molar-refractivity contribution is 6.00. The highest BCUT2D eigenvalue weighted by Gasteiger charge is 2.40. The molecule has 7 nitrogen and oxygen atoms in total. The number of aromatic nitrogens is 2. The molecule has 0 aliphatic carbocycles. The second kappa shape index (κ2) is 11.0. The van der Waals surface area contributed by atoms with Gasteiger partial charge in [0.05, 0.1) is 41.7 Å². The number of rotatable bonds is 7. The molecule has 39 heavy (non-hydrogen) atoms. The number of nitrogens with one attached hydrogen (secondary N) is 1. The van der Waals surface area contributed by atoms with E-state index in [0.29, 0.717) is 33.8 Å². The molecule has 0 saturated heterocycles. The van der Waals surface area contributed by atoms with Crippen molar-refractivity contribution >= 4 is 22.7 Å². The molecule has 4 aromatic rings. The summed E-state index contributed by atoms with van der Waals surface area (Å²) in [5, 5.41) is 10.4. The van der Waals surface area contributed by atoms with E-state index in [1.807, 2.05) is 68.6 Å². The van der Waals surface area contributed by atoms with Gasteiger partial charge in [-0.3, -0.25) is 0 Å². The van der Waals surface area contributed by atoms with Crippen molar-refractivity contribution < 1.29 is 19.1 Å². The second-order valence-corrected chi connectivity index (χ2v) is 9.35. The number of para-hydroxylation sites is 1. The van der Waals surface area contributed by atoms with Gasteiger partial charge in [-0.05, 0) is 56.7 Å². The van der Waals surface area contributed by atoms with Crippen molar-refractivity contribution in [2.45, 2.75) is 33.6 Å². The average molecular weight is 522 g/mol. The van der Waals surface area contributed by atoms with Crippen molar-refractivity contribution in [1.82, 2.24) is 15.1 Å². The van der Waals surface area contributed by atoms with E-state index in [9.17, 15) is 9.59 Å². The third-order valence-corrected chi connectivity index (χ3v) is 6.85. The Kier molecular flexibility index (Phi) is 7.32. The van der Waals surface area contributed by atoms with E-state index in [4.69, 9.17) is 14.6 Å². The van der Waals surface area contributed by atoms with Crippen LogP contribution in [0.25, 0.3) is 27.7 Å². The quantitative estimate of drug-likeness (QED) is 0.298. The number of hydrogen-bond donors (Lipinski definition) is 1. The van der Waals surface area contributed by atoms with Crippen molar-refractivity contribution in [3.8, 4) is 16.9 Å². The number of benzene rings is 3. The molecule has 0 bridgehead atoms. The van der Waals surface area contributed by atoms with Crippen molar-refractivity contribution in [3.05, 3.63) is 107 Å². The van der Waals surface area contributed by atoms with Gasteiger partial charge in [0.1, 0.15) is 0 Å². The number of carbonyl (C=O) groups excluding carboxylic acids is 2. The average Bonchev–Trinajstić information content (AvgIpc) is 3.38. The Morgan fingerprint density at radius 1 is 0.821 bits per heavy atom. The molecule has 0 saturated carbocycles. The molecule has 5 rings (SSSR count). The van der Waals surface area contributed by atoms with E-state index in [0.717, 1.165) is 22.0 Å². The molecule has 0 radical (unpaired) electrons. The molecule has 0 spiro atoms. The molecule has 1 aliphatic rings. The van der Waals surface area contributed by atoms with Gasteiger partial charge in [-0.2, -0.15) is 5.10 Å². The molecule has 0 fully saturated rings. The summed E-state index contributed by atoms with van der Waals surface area (Å²) < 4.78 is 12.8. The first-order valence-corrected chi connectivity index (χ1v) is 13.1. The summed E-state index contributed by atoms with van der Waals surface area (Å²) in [6.07, 6.45) is 1.90. The molecule has 7 heteroatoms. The maximum absolute atomic E-state index is 13.4. The normalized spacial score (nSPS) is 13.9. The minimum atomic E-state index is -0.747. The van der Waals surface area contributed by atoms with Crippen LogP contribution >= 0.6 is 0 Å². The second-order valence-electron chi connectivity index (χ2n) is 9.35. The zero-order valence-corrected chi connectivity index (χ0v) is 22.5. The van der Waals surface area contributed by atoms with Crippen LogP contribution in [0.5, 0.6) is 0 Å². The smallest absolute Gasteiger partial charge is 0.336 e. The van der Waals surface area contributed by atoms with Gasteiger partial charge < -0.3 is 14.8 Å². The van der Waals surface area contributed by atoms with Gasteiger partial charge in [-0.1, -0.05) is 54.6 Å². The third-order valence-electron chi connectivity index (χ3n) is 6.85. The number of hydrogen-bond acceptors (Lipinski definition) is 6. The Bertz CT molecular complexity index is 1570. The Morgan fingerprint density at radius 2 is 1.41 bits per heavy atom. The molecule has 198 valence electrons. The first-order valence-electron chi connectivity index (χ1n) is 13.1. The number of nitrogens with zero attached hydrogens (tertiary/aromatic N) is 2. The van der Waals surface area contributed by atoms with E-state index >= 15 is 0 Å². The van der Waals surface area contributed by atoms with Gasteiger partial charge in [0, 0.05) is 28.7 Å². The van der Waals surface area contributed by atoms with Crippen LogP contribution in [0.3, 0.4) is 0 Å². The maximum Gasteiger partial charge on any atom is 0.336 e. The van der Waals surface area contributed by atoms with Gasteiger partial charge in [-0.15, -0.1) is 0 Å². The van der Waals surface area contributed by atoms with Gasteiger partial charge in [0.15, 0.2) is 0 Å². The summed E-state index contributed by atoms with van der Waals surface area (Å²) in [6.45, 7) is 7.59. The van der Waals surface area contributed by atoms with Crippen LogP contribution in [0, 0.1) is 0 Å². The lowest BCUT2D eigenvalue weighted by molar-refractivity contribution is -0.139. The molecule has 3 aromatic carbocycles. The van der Waals surface area contributed by atoms with Gasteiger partial charge in [0.25, 0.3) is 0 Å². The fourth-order valence-electron chi connectivity index (χ4n) is 5.14. The lowest BCUT2D eigenvalue weighted by atomic mass is 9.79. The largest absolute Gasteiger partial charge is 0.463 e. The first kappa shape index (κ1) is 26.0. The highest BCUT2D eigenvalue weighted by Crippen LogP contribution is 2.43. The summed E-state index contributed by atoms with van der Waals surface area (Å²) in [4.78, 5) is 26.8. The Labute approximate surface area is 227 Å². The topological polar surface area (TPSA) is 82.5 Å². The fourth-order valence-corrected chi connectivity index (χ4v) is 5.14. The Balaban J connectivity index is 1.79. The molecule has 0 amide bonds. The van der Waals surface area contributed by atoms with Crippen molar-refractivity contribution in [3.63, 3.8) is 0 Å². The number of allylic oxidation sites excluding steroid dienone is 2. The zero-order valence-electron chi connectivity index (χ0n) is 22.5. The van der Waals surface area contributed by atoms with Crippen LogP contribution < -0.4 is 5.32 Å². The van der Waals surface area contributed by atoms with Gasteiger partial charge in [-0.25, -0.2) is 14.3 Å².